The quantitative estimate of drug-likeness (QED) is 0.871. The average Bonchev–Trinajstić information content (AvgIpc) is 2.14. The first-order chi connectivity index (χ1) is 6.88. The number of aliphatic hydroxyl groups is 1. The van der Waals surface area contributed by atoms with Gasteiger partial charge in [0, 0.05) is 12.5 Å². The molecular weight excluding hydrogens is 238 g/mol. The van der Waals surface area contributed by atoms with E-state index in [1.54, 1.807) is 12.1 Å². The Morgan fingerprint density at radius 2 is 2.20 bits per heavy atom. The summed E-state index contributed by atoms with van der Waals surface area (Å²) in [6, 6.07) is 3.18. The highest BCUT2D eigenvalue weighted by molar-refractivity contribution is 7.90. The molecule has 0 bridgehead atoms. The molecule has 6 heteroatoms. The molecule has 0 saturated heterocycles. The summed E-state index contributed by atoms with van der Waals surface area (Å²) >= 11 is 5.63. The van der Waals surface area contributed by atoms with E-state index in [0.29, 0.717) is 10.7 Å². The van der Waals surface area contributed by atoms with Gasteiger partial charge in [0.15, 0.2) is 0 Å². The van der Waals surface area contributed by atoms with Gasteiger partial charge in [0.25, 0.3) is 0 Å². The minimum Gasteiger partial charge on any atom is -0.387 e. The van der Waals surface area contributed by atoms with Gasteiger partial charge in [0.1, 0.15) is 9.84 Å². The number of nitrogens with zero attached hydrogens (tertiary/aromatic N) is 1. The Morgan fingerprint density at radius 3 is 2.67 bits per heavy atom. The summed E-state index contributed by atoms with van der Waals surface area (Å²) in [6.45, 7) is 0. The van der Waals surface area contributed by atoms with Crippen LogP contribution in [0.25, 0.3) is 0 Å². The molecule has 0 saturated carbocycles. The second kappa shape index (κ2) is 4.92. The van der Waals surface area contributed by atoms with Crippen LogP contribution in [0.2, 0.25) is 5.02 Å². The normalized spacial score (nSPS) is 13.8. The monoisotopic (exact) mass is 249 g/mol. The van der Waals surface area contributed by atoms with Crippen molar-refractivity contribution in [2.45, 2.75) is 12.5 Å². The first-order valence-corrected chi connectivity index (χ1v) is 6.79. The summed E-state index contributed by atoms with van der Waals surface area (Å²) in [5.41, 5.74) is 0.433. The van der Waals surface area contributed by atoms with E-state index in [1.165, 1.54) is 6.20 Å². The van der Waals surface area contributed by atoms with Crippen molar-refractivity contribution in [2.75, 3.05) is 12.0 Å². The molecule has 4 nitrogen and oxygen atoms in total. The first kappa shape index (κ1) is 12.4. The van der Waals surface area contributed by atoms with Gasteiger partial charge in [-0.25, -0.2) is 8.42 Å². The van der Waals surface area contributed by atoms with Crippen molar-refractivity contribution in [3.63, 3.8) is 0 Å². The zero-order chi connectivity index (χ0) is 11.5. The number of hydrogen-bond donors (Lipinski definition) is 1. The molecule has 1 unspecified atom stereocenters. The Bertz CT molecular complexity index is 415. The van der Waals surface area contributed by atoms with Gasteiger partial charge >= 0.3 is 0 Å². The summed E-state index contributed by atoms with van der Waals surface area (Å²) in [7, 11) is -3.05. The molecule has 1 heterocycles. The van der Waals surface area contributed by atoms with Crippen molar-refractivity contribution in [3.8, 4) is 0 Å². The molecule has 0 aromatic carbocycles. The van der Waals surface area contributed by atoms with Crippen LogP contribution in [-0.4, -0.2) is 30.5 Å². The summed E-state index contributed by atoms with van der Waals surface area (Å²) < 4.78 is 21.7. The number of aromatic nitrogens is 1. The standard InChI is InChI=1S/C9H12ClNO3S/c1-15(13,14)5-4-9(12)8-3-2-7(10)6-11-8/h2-3,6,9,12H,4-5H2,1H3. The fraction of sp³-hybridized carbons (Fsp3) is 0.444. The second-order valence-corrected chi connectivity index (χ2v) is 6.03. The smallest absolute Gasteiger partial charge is 0.147 e. The first-order valence-electron chi connectivity index (χ1n) is 4.36. The van der Waals surface area contributed by atoms with Crippen LogP contribution in [-0.2, 0) is 9.84 Å². The summed E-state index contributed by atoms with van der Waals surface area (Å²) in [5, 5.41) is 10.1. The topological polar surface area (TPSA) is 67.3 Å². The highest BCUT2D eigenvalue weighted by Crippen LogP contribution is 2.16. The molecule has 0 spiro atoms. The lowest BCUT2D eigenvalue weighted by Crippen LogP contribution is -2.09. The van der Waals surface area contributed by atoms with Crippen LogP contribution in [0.15, 0.2) is 18.3 Å². The number of rotatable bonds is 4. The van der Waals surface area contributed by atoms with Crippen molar-refractivity contribution in [3.05, 3.63) is 29.0 Å². The molecule has 0 aliphatic heterocycles. The molecule has 1 aromatic rings. The van der Waals surface area contributed by atoms with E-state index < -0.39 is 15.9 Å². The molecule has 0 aliphatic carbocycles. The highest BCUT2D eigenvalue weighted by atomic mass is 35.5. The molecule has 1 atom stereocenters. The molecule has 1 N–H and O–H groups in total. The van der Waals surface area contributed by atoms with Crippen LogP contribution in [0.4, 0.5) is 0 Å². The third-order valence-corrected chi connectivity index (χ3v) is 3.05. The van der Waals surface area contributed by atoms with E-state index in [2.05, 4.69) is 4.98 Å². The Morgan fingerprint density at radius 1 is 1.53 bits per heavy atom. The van der Waals surface area contributed by atoms with Gasteiger partial charge in [-0.1, -0.05) is 11.6 Å². The van der Waals surface area contributed by atoms with Crippen molar-refractivity contribution >= 4 is 21.4 Å². The van der Waals surface area contributed by atoms with Crippen molar-refractivity contribution in [1.82, 2.24) is 4.98 Å². The third-order valence-electron chi connectivity index (χ3n) is 1.85. The van der Waals surface area contributed by atoms with Gasteiger partial charge in [0.2, 0.25) is 0 Å². The SMILES string of the molecule is CS(=O)(=O)CCC(O)c1ccc(Cl)cn1. The van der Waals surface area contributed by atoms with E-state index in [4.69, 9.17) is 11.6 Å². The lowest BCUT2D eigenvalue weighted by atomic mass is 10.2. The van der Waals surface area contributed by atoms with E-state index in [9.17, 15) is 13.5 Å². The van der Waals surface area contributed by atoms with Crippen LogP contribution in [0.3, 0.4) is 0 Å². The van der Waals surface area contributed by atoms with Gasteiger partial charge in [-0.3, -0.25) is 4.98 Å². The predicted molar refractivity (Wildman–Crippen MR) is 58.5 cm³/mol. The summed E-state index contributed by atoms with van der Waals surface area (Å²) in [6.07, 6.45) is 1.83. The third kappa shape index (κ3) is 4.59. The van der Waals surface area contributed by atoms with E-state index in [1.807, 2.05) is 0 Å². The zero-order valence-electron chi connectivity index (χ0n) is 8.22. The molecule has 0 amide bonds. The van der Waals surface area contributed by atoms with Crippen molar-refractivity contribution < 1.29 is 13.5 Å². The fourth-order valence-corrected chi connectivity index (χ4v) is 1.82. The zero-order valence-corrected chi connectivity index (χ0v) is 9.79. The average molecular weight is 250 g/mol. The Balaban J connectivity index is 2.61. The number of halogens is 1. The van der Waals surface area contributed by atoms with Crippen LogP contribution in [0.1, 0.15) is 18.2 Å². The number of aliphatic hydroxyl groups excluding tert-OH is 1. The molecule has 0 aliphatic rings. The van der Waals surface area contributed by atoms with Crippen LogP contribution in [0.5, 0.6) is 0 Å². The molecule has 0 fully saturated rings. The van der Waals surface area contributed by atoms with E-state index in [-0.39, 0.29) is 12.2 Å². The second-order valence-electron chi connectivity index (χ2n) is 3.34. The van der Waals surface area contributed by atoms with Crippen molar-refractivity contribution in [1.29, 1.82) is 0 Å². The molecule has 0 radical (unpaired) electrons. The highest BCUT2D eigenvalue weighted by Gasteiger charge is 2.12. The van der Waals surface area contributed by atoms with Crippen LogP contribution < -0.4 is 0 Å². The predicted octanol–water partition coefficient (Wildman–Crippen LogP) is 1.20. The molecular formula is C9H12ClNO3S. The lowest BCUT2D eigenvalue weighted by Gasteiger charge is -2.08. The lowest BCUT2D eigenvalue weighted by molar-refractivity contribution is 0.169. The van der Waals surface area contributed by atoms with Gasteiger partial charge < -0.3 is 5.11 Å². The maximum Gasteiger partial charge on any atom is 0.147 e. The molecule has 15 heavy (non-hydrogen) atoms. The van der Waals surface area contributed by atoms with Gasteiger partial charge in [-0.2, -0.15) is 0 Å². The van der Waals surface area contributed by atoms with Crippen LogP contribution >= 0.6 is 11.6 Å². The van der Waals surface area contributed by atoms with Gasteiger partial charge in [-0.05, 0) is 18.6 Å². The Kier molecular flexibility index (Phi) is 4.07. The molecule has 1 aromatic heterocycles. The number of pyridine rings is 1. The molecule has 1 rings (SSSR count). The van der Waals surface area contributed by atoms with Crippen LogP contribution in [0, 0.1) is 0 Å². The van der Waals surface area contributed by atoms with Gasteiger partial charge in [-0.15, -0.1) is 0 Å². The van der Waals surface area contributed by atoms with Gasteiger partial charge in [0.05, 0.1) is 22.6 Å². The number of sulfone groups is 1. The minimum absolute atomic E-state index is 0.0571. The maximum atomic E-state index is 10.9. The number of hydrogen-bond acceptors (Lipinski definition) is 4. The summed E-state index contributed by atoms with van der Waals surface area (Å²) in [5.74, 6) is -0.0571. The molecule has 84 valence electrons. The van der Waals surface area contributed by atoms with Crippen molar-refractivity contribution in [2.24, 2.45) is 0 Å². The Labute approximate surface area is 93.8 Å². The Hall–Kier alpha value is -0.650. The van der Waals surface area contributed by atoms with E-state index >= 15 is 0 Å². The summed E-state index contributed by atoms with van der Waals surface area (Å²) in [4.78, 5) is 3.90. The maximum absolute atomic E-state index is 10.9. The largest absolute Gasteiger partial charge is 0.387 e. The van der Waals surface area contributed by atoms with E-state index in [0.717, 1.165) is 6.26 Å². The minimum atomic E-state index is -3.05. The fourth-order valence-electron chi connectivity index (χ4n) is 1.06.